The van der Waals surface area contributed by atoms with Crippen LogP contribution < -0.4 is 0 Å². The van der Waals surface area contributed by atoms with Gasteiger partial charge >= 0.3 is 0 Å². The Labute approximate surface area is 311 Å². The highest BCUT2D eigenvalue weighted by Crippen LogP contribution is 2.42. The van der Waals surface area contributed by atoms with Crippen molar-refractivity contribution in [1.29, 1.82) is 0 Å². The number of hydrogen-bond acceptors (Lipinski definition) is 4. The van der Waals surface area contributed by atoms with Gasteiger partial charge < -0.3 is 0 Å². The maximum atomic E-state index is 5.08. The van der Waals surface area contributed by atoms with E-state index in [0.717, 1.165) is 16.7 Å². The summed E-state index contributed by atoms with van der Waals surface area (Å²) in [5.74, 6) is 1.99. The second-order valence-corrected chi connectivity index (χ2v) is 14.3. The van der Waals surface area contributed by atoms with Crippen LogP contribution in [0.2, 0.25) is 0 Å². The van der Waals surface area contributed by atoms with Gasteiger partial charge in [0.25, 0.3) is 0 Å². The molecular formula is C49H31N3S. The van der Waals surface area contributed by atoms with Crippen LogP contribution in [0.4, 0.5) is 0 Å². The summed E-state index contributed by atoms with van der Waals surface area (Å²) in [5.41, 5.74) is 10.1. The summed E-state index contributed by atoms with van der Waals surface area (Å²) in [6.45, 7) is 0. The monoisotopic (exact) mass is 693 g/mol. The Kier molecular flexibility index (Phi) is 7.67. The largest absolute Gasteiger partial charge is 0.208 e. The molecule has 4 heteroatoms. The first-order valence-corrected chi connectivity index (χ1v) is 18.6. The van der Waals surface area contributed by atoms with Gasteiger partial charge in [-0.3, -0.25) is 0 Å². The van der Waals surface area contributed by atoms with E-state index >= 15 is 0 Å². The Morgan fingerprint density at radius 1 is 0.302 bits per heavy atom. The quantitative estimate of drug-likeness (QED) is 0.174. The second-order valence-electron chi connectivity index (χ2n) is 13.2. The fraction of sp³-hybridized carbons (Fsp3) is 0. The van der Waals surface area contributed by atoms with E-state index in [2.05, 4.69) is 127 Å². The molecule has 0 saturated heterocycles. The molecule has 3 nitrogen and oxygen atoms in total. The van der Waals surface area contributed by atoms with Gasteiger partial charge in [-0.25, -0.2) is 15.0 Å². The molecule has 8 aromatic carbocycles. The number of benzene rings is 8. The zero-order chi connectivity index (χ0) is 35.1. The van der Waals surface area contributed by atoms with Gasteiger partial charge in [0.05, 0.1) is 0 Å². The van der Waals surface area contributed by atoms with Crippen molar-refractivity contribution in [3.63, 3.8) is 0 Å². The van der Waals surface area contributed by atoms with Crippen molar-refractivity contribution in [2.45, 2.75) is 0 Å². The molecule has 0 unspecified atom stereocenters. The highest BCUT2D eigenvalue weighted by Gasteiger charge is 2.17. The van der Waals surface area contributed by atoms with Crippen LogP contribution in [0.3, 0.4) is 0 Å². The maximum absolute atomic E-state index is 5.08. The SMILES string of the molecule is c1ccc(-c2nc(-c3ccccc3)nc(-c3cccc4sc5ccc(-c6ccc(-c7cccc(-c8cccc9ccccc89)c7)cc6)cc5c34)n2)cc1. The number of hydrogen-bond donors (Lipinski definition) is 0. The number of rotatable bonds is 6. The maximum Gasteiger partial charge on any atom is 0.164 e. The van der Waals surface area contributed by atoms with E-state index in [1.165, 1.54) is 64.3 Å². The van der Waals surface area contributed by atoms with Crippen molar-refractivity contribution in [3.8, 4) is 67.5 Å². The van der Waals surface area contributed by atoms with Crippen LogP contribution in [-0.4, -0.2) is 15.0 Å². The lowest BCUT2D eigenvalue weighted by molar-refractivity contribution is 1.08. The second kappa shape index (κ2) is 13.1. The van der Waals surface area contributed by atoms with Gasteiger partial charge in [-0.05, 0) is 68.4 Å². The van der Waals surface area contributed by atoms with Crippen molar-refractivity contribution < 1.29 is 0 Å². The van der Waals surface area contributed by atoms with Gasteiger partial charge in [-0.1, -0.05) is 164 Å². The van der Waals surface area contributed by atoms with E-state index in [9.17, 15) is 0 Å². The standard InChI is InChI=1S/C49H31N3S/c1-3-13-35(14-4-1)47-50-48(36-15-5-2-6-16-36)52-49(51-47)42-22-11-23-45-46(42)43-31-38(28-29-44(43)53-45)33-26-24-32(25-27-33)37-18-9-19-39(30-37)41-21-10-17-34-12-7-8-20-40(34)41/h1-31H. The van der Waals surface area contributed by atoms with Gasteiger partial charge in [-0.2, -0.15) is 0 Å². The van der Waals surface area contributed by atoms with Crippen LogP contribution in [0.5, 0.6) is 0 Å². The van der Waals surface area contributed by atoms with Crippen LogP contribution in [0.25, 0.3) is 98.5 Å². The summed E-state index contributed by atoms with van der Waals surface area (Å²) in [4.78, 5) is 15.1. The molecule has 53 heavy (non-hydrogen) atoms. The molecule has 0 bridgehead atoms. The van der Waals surface area contributed by atoms with Crippen molar-refractivity contribution >= 4 is 42.3 Å². The fourth-order valence-corrected chi connectivity index (χ4v) is 8.43. The number of nitrogens with zero attached hydrogens (tertiary/aromatic N) is 3. The van der Waals surface area contributed by atoms with Gasteiger partial charge in [0.2, 0.25) is 0 Å². The summed E-state index contributed by atoms with van der Waals surface area (Å²) in [6, 6.07) is 66.5. The molecule has 0 aliphatic carbocycles. The number of aromatic nitrogens is 3. The molecule has 10 aromatic rings. The van der Waals surface area contributed by atoms with Crippen molar-refractivity contribution in [3.05, 3.63) is 188 Å². The number of thiophene rings is 1. The molecular weight excluding hydrogens is 663 g/mol. The Hall–Kier alpha value is -6.75. The minimum absolute atomic E-state index is 0.662. The lowest BCUT2D eigenvalue weighted by Gasteiger charge is -2.10. The summed E-state index contributed by atoms with van der Waals surface area (Å²) < 4.78 is 2.44. The van der Waals surface area contributed by atoms with Crippen molar-refractivity contribution in [2.75, 3.05) is 0 Å². The molecule has 2 aromatic heterocycles. The van der Waals surface area contributed by atoms with Crippen molar-refractivity contribution in [1.82, 2.24) is 15.0 Å². The highest BCUT2D eigenvalue weighted by atomic mass is 32.1. The van der Waals surface area contributed by atoms with E-state index in [1.807, 2.05) is 60.7 Å². The molecule has 0 radical (unpaired) electrons. The van der Waals surface area contributed by atoms with Gasteiger partial charge in [0.15, 0.2) is 17.5 Å². The normalized spacial score (nSPS) is 11.4. The Morgan fingerprint density at radius 3 is 1.57 bits per heavy atom. The Bertz CT molecular complexity index is 2870. The third-order valence-corrected chi connectivity index (χ3v) is 11.1. The van der Waals surface area contributed by atoms with E-state index in [1.54, 1.807) is 11.3 Å². The first-order chi connectivity index (χ1) is 26.2. The lowest BCUT2D eigenvalue weighted by Crippen LogP contribution is -2.00. The van der Waals surface area contributed by atoms with Crippen LogP contribution >= 0.6 is 11.3 Å². The molecule has 0 saturated carbocycles. The van der Waals surface area contributed by atoms with Crippen LogP contribution in [0.1, 0.15) is 0 Å². The average molecular weight is 694 g/mol. The van der Waals surface area contributed by atoms with Crippen LogP contribution in [0.15, 0.2) is 188 Å². The molecule has 0 amide bonds. The molecule has 10 rings (SSSR count). The van der Waals surface area contributed by atoms with Crippen LogP contribution in [0, 0.1) is 0 Å². The summed E-state index contributed by atoms with van der Waals surface area (Å²) in [7, 11) is 0. The van der Waals surface area contributed by atoms with Crippen molar-refractivity contribution in [2.24, 2.45) is 0 Å². The average Bonchev–Trinajstić information content (AvgIpc) is 3.62. The highest BCUT2D eigenvalue weighted by molar-refractivity contribution is 7.26. The van der Waals surface area contributed by atoms with Gasteiger partial charge in [0, 0.05) is 36.9 Å². The smallest absolute Gasteiger partial charge is 0.164 e. The minimum atomic E-state index is 0.662. The Balaban J connectivity index is 1.04. The molecule has 2 heterocycles. The summed E-state index contributed by atoms with van der Waals surface area (Å²) in [5, 5.41) is 4.89. The zero-order valence-corrected chi connectivity index (χ0v) is 29.5. The predicted molar refractivity (Wildman–Crippen MR) is 223 cm³/mol. The van der Waals surface area contributed by atoms with Crippen LogP contribution in [-0.2, 0) is 0 Å². The van der Waals surface area contributed by atoms with E-state index in [0.29, 0.717) is 17.5 Å². The lowest BCUT2D eigenvalue weighted by atomic mass is 9.94. The summed E-state index contributed by atoms with van der Waals surface area (Å²) in [6.07, 6.45) is 0. The Morgan fingerprint density at radius 2 is 0.830 bits per heavy atom. The van der Waals surface area contributed by atoms with Gasteiger partial charge in [0.1, 0.15) is 0 Å². The third-order valence-electron chi connectivity index (χ3n) is 9.95. The first-order valence-electron chi connectivity index (χ1n) is 17.8. The van der Waals surface area contributed by atoms with E-state index in [-0.39, 0.29) is 0 Å². The first kappa shape index (κ1) is 31.0. The minimum Gasteiger partial charge on any atom is -0.208 e. The molecule has 0 fully saturated rings. The molecule has 0 N–H and O–H groups in total. The zero-order valence-electron chi connectivity index (χ0n) is 28.6. The number of fused-ring (bicyclic) bond motifs is 4. The molecule has 0 aliphatic rings. The topological polar surface area (TPSA) is 38.7 Å². The molecule has 0 spiro atoms. The summed E-state index contributed by atoms with van der Waals surface area (Å²) >= 11 is 1.80. The van der Waals surface area contributed by atoms with E-state index < -0.39 is 0 Å². The van der Waals surface area contributed by atoms with E-state index in [4.69, 9.17) is 15.0 Å². The molecule has 0 atom stereocenters. The fourth-order valence-electron chi connectivity index (χ4n) is 7.32. The van der Waals surface area contributed by atoms with Gasteiger partial charge in [-0.15, -0.1) is 11.3 Å². The third kappa shape index (κ3) is 5.76. The molecule has 248 valence electrons. The predicted octanol–water partition coefficient (Wildman–Crippen LogP) is 13.4. The molecule has 0 aliphatic heterocycles.